The second-order valence-corrected chi connectivity index (χ2v) is 12.0. The molecule has 8 nitrogen and oxygen atoms in total. The lowest BCUT2D eigenvalue weighted by molar-refractivity contribution is -0.150. The standard InChI is InChI=1S/C30H36FN3O5S/c1-5-15-34(40(4,37)38)27-17-23(20-39-29(36)30(3,32)19-22-9-7-6-8-10-22)16-25(18-27)28(35)33-21(2)24-11-13-26(31)14-12-24/h6-14,16-18,21H,5,15,19-20,32H2,1-4H3,(H,33,35)/t21-,30-/m1/s1. The van der Waals surface area contributed by atoms with Gasteiger partial charge in [-0.2, -0.15) is 0 Å². The lowest BCUT2D eigenvalue weighted by Crippen LogP contribution is -2.48. The maximum absolute atomic E-state index is 13.3. The third-order valence-electron chi connectivity index (χ3n) is 6.32. The van der Waals surface area contributed by atoms with E-state index in [2.05, 4.69) is 5.32 Å². The molecule has 0 heterocycles. The van der Waals surface area contributed by atoms with Gasteiger partial charge < -0.3 is 15.8 Å². The highest BCUT2D eigenvalue weighted by Crippen LogP contribution is 2.24. The van der Waals surface area contributed by atoms with E-state index < -0.39 is 33.5 Å². The van der Waals surface area contributed by atoms with Gasteiger partial charge in [-0.15, -0.1) is 0 Å². The molecule has 3 N–H and O–H groups in total. The topological polar surface area (TPSA) is 119 Å². The Morgan fingerprint density at radius 3 is 2.30 bits per heavy atom. The molecule has 40 heavy (non-hydrogen) atoms. The van der Waals surface area contributed by atoms with Crippen LogP contribution in [0.25, 0.3) is 0 Å². The molecular weight excluding hydrogens is 533 g/mol. The van der Waals surface area contributed by atoms with Gasteiger partial charge in [-0.3, -0.25) is 13.9 Å². The van der Waals surface area contributed by atoms with Crippen LogP contribution in [0.1, 0.15) is 60.3 Å². The summed E-state index contributed by atoms with van der Waals surface area (Å²) >= 11 is 0. The molecule has 0 bridgehead atoms. The Bertz CT molecular complexity index is 1430. The minimum Gasteiger partial charge on any atom is -0.459 e. The van der Waals surface area contributed by atoms with E-state index in [-0.39, 0.29) is 36.6 Å². The molecule has 0 saturated carbocycles. The van der Waals surface area contributed by atoms with Crippen molar-refractivity contribution in [3.8, 4) is 0 Å². The first-order valence-corrected chi connectivity index (χ1v) is 14.8. The number of rotatable bonds is 12. The van der Waals surface area contributed by atoms with E-state index in [1.165, 1.54) is 22.5 Å². The Balaban J connectivity index is 1.87. The molecule has 0 aliphatic rings. The van der Waals surface area contributed by atoms with Gasteiger partial charge in [0.1, 0.15) is 18.0 Å². The van der Waals surface area contributed by atoms with Crippen molar-refractivity contribution in [1.82, 2.24) is 5.32 Å². The van der Waals surface area contributed by atoms with E-state index in [1.54, 1.807) is 38.1 Å². The molecule has 0 aromatic heterocycles. The van der Waals surface area contributed by atoms with Crippen molar-refractivity contribution in [2.45, 2.75) is 51.8 Å². The summed E-state index contributed by atoms with van der Waals surface area (Å²) < 4.78 is 45.2. The van der Waals surface area contributed by atoms with E-state index in [4.69, 9.17) is 10.5 Å². The summed E-state index contributed by atoms with van der Waals surface area (Å²) in [4.78, 5) is 26.2. The number of amides is 1. The predicted octanol–water partition coefficient (Wildman–Crippen LogP) is 4.50. The zero-order valence-corrected chi connectivity index (χ0v) is 24.0. The van der Waals surface area contributed by atoms with Gasteiger partial charge in [0.25, 0.3) is 5.91 Å². The summed E-state index contributed by atoms with van der Waals surface area (Å²) in [5.74, 6) is -1.49. The Morgan fingerprint density at radius 2 is 1.70 bits per heavy atom. The van der Waals surface area contributed by atoms with Crippen LogP contribution in [0.3, 0.4) is 0 Å². The summed E-state index contributed by atoms with van der Waals surface area (Å²) in [6, 6.07) is 19.2. The maximum atomic E-state index is 13.3. The Labute approximate surface area is 235 Å². The number of halogens is 1. The Morgan fingerprint density at radius 1 is 1.05 bits per heavy atom. The van der Waals surface area contributed by atoms with Crippen molar-refractivity contribution < 1.29 is 27.1 Å². The number of nitrogens with one attached hydrogen (secondary N) is 1. The maximum Gasteiger partial charge on any atom is 0.326 e. The fourth-order valence-electron chi connectivity index (χ4n) is 4.24. The number of carbonyl (C=O) groups is 2. The fourth-order valence-corrected chi connectivity index (χ4v) is 5.25. The van der Waals surface area contributed by atoms with Gasteiger partial charge in [-0.1, -0.05) is 49.4 Å². The summed E-state index contributed by atoms with van der Waals surface area (Å²) in [7, 11) is -3.66. The molecule has 0 unspecified atom stereocenters. The molecule has 0 spiro atoms. The lowest BCUT2D eigenvalue weighted by Gasteiger charge is -2.25. The average Bonchev–Trinajstić information content (AvgIpc) is 2.90. The zero-order valence-electron chi connectivity index (χ0n) is 23.2. The summed E-state index contributed by atoms with van der Waals surface area (Å²) in [5, 5.41) is 2.86. The first-order chi connectivity index (χ1) is 18.8. The van der Waals surface area contributed by atoms with Crippen LogP contribution >= 0.6 is 0 Å². The Kier molecular flexibility index (Phi) is 10.1. The number of anilines is 1. The molecule has 1 amide bonds. The molecule has 3 aromatic carbocycles. The van der Waals surface area contributed by atoms with Gasteiger partial charge in [0.05, 0.1) is 18.0 Å². The number of benzene rings is 3. The van der Waals surface area contributed by atoms with E-state index in [1.807, 2.05) is 37.3 Å². The highest BCUT2D eigenvalue weighted by atomic mass is 32.2. The minimum absolute atomic E-state index is 0.182. The van der Waals surface area contributed by atoms with Crippen LogP contribution in [0.15, 0.2) is 72.8 Å². The summed E-state index contributed by atoms with van der Waals surface area (Å²) in [6.07, 6.45) is 1.90. The molecule has 0 aliphatic carbocycles. The van der Waals surface area contributed by atoms with E-state index in [0.717, 1.165) is 11.8 Å². The van der Waals surface area contributed by atoms with Crippen molar-refractivity contribution in [2.24, 2.45) is 5.73 Å². The second kappa shape index (κ2) is 13.1. The van der Waals surface area contributed by atoms with Crippen LogP contribution in [-0.4, -0.2) is 38.6 Å². The highest BCUT2D eigenvalue weighted by molar-refractivity contribution is 7.92. The number of sulfonamides is 1. The summed E-state index contributed by atoms with van der Waals surface area (Å²) in [6.45, 7) is 5.17. The van der Waals surface area contributed by atoms with E-state index in [9.17, 15) is 22.4 Å². The van der Waals surface area contributed by atoms with Crippen LogP contribution < -0.4 is 15.4 Å². The largest absolute Gasteiger partial charge is 0.459 e. The smallest absolute Gasteiger partial charge is 0.326 e. The molecule has 10 heteroatoms. The van der Waals surface area contributed by atoms with Crippen molar-refractivity contribution in [3.63, 3.8) is 0 Å². The van der Waals surface area contributed by atoms with Crippen molar-refractivity contribution in [2.75, 3.05) is 17.1 Å². The predicted molar refractivity (Wildman–Crippen MR) is 154 cm³/mol. The Hall–Kier alpha value is -3.76. The number of esters is 1. The van der Waals surface area contributed by atoms with Crippen molar-refractivity contribution in [1.29, 1.82) is 0 Å². The van der Waals surface area contributed by atoms with Crippen molar-refractivity contribution in [3.05, 3.63) is 101 Å². The van der Waals surface area contributed by atoms with Gasteiger partial charge >= 0.3 is 5.97 Å². The van der Waals surface area contributed by atoms with Gasteiger partial charge in [0.15, 0.2) is 0 Å². The normalized spacial score (nSPS) is 13.7. The molecule has 0 saturated heterocycles. The number of hydrogen-bond donors (Lipinski definition) is 2. The highest BCUT2D eigenvalue weighted by Gasteiger charge is 2.31. The zero-order chi connectivity index (χ0) is 29.5. The SMILES string of the molecule is CCCN(c1cc(COC(=O)[C@](C)(N)Cc2ccccc2)cc(C(=O)N[C@H](C)c2ccc(F)cc2)c1)S(C)(=O)=O. The summed E-state index contributed by atoms with van der Waals surface area (Å²) in [5.41, 5.74) is 7.44. The quantitative estimate of drug-likeness (QED) is 0.310. The molecule has 2 atom stereocenters. The minimum atomic E-state index is -3.66. The van der Waals surface area contributed by atoms with Gasteiger partial charge in [0, 0.05) is 18.5 Å². The number of carbonyl (C=O) groups excluding carboxylic acids is 2. The third kappa shape index (κ3) is 8.37. The van der Waals surface area contributed by atoms with Gasteiger partial charge in [0.2, 0.25) is 10.0 Å². The number of nitrogens with two attached hydrogens (primary N) is 1. The lowest BCUT2D eigenvalue weighted by atomic mass is 9.94. The monoisotopic (exact) mass is 569 g/mol. The van der Waals surface area contributed by atoms with E-state index >= 15 is 0 Å². The van der Waals surface area contributed by atoms with Crippen LogP contribution in [0.4, 0.5) is 10.1 Å². The van der Waals surface area contributed by atoms with Crippen LogP contribution in [-0.2, 0) is 32.6 Å². The molecule has 0 radical (unpaired) electrons. The molecule has 3 rings (SSSR count). The molecule has 0 fully saturated rings. The second-order valence-electron chi connectivity index (χ2n) is 10.1. The molecular formula is C30H36FN3O5S. The van der Waals surface area contributed by atoms with Crippen LogP contribution in [0.2, 0.25) is 0 Å². The van der Waals surface area contributed by atoms with Crippen molar-refractivity contribution >= 4 is 27.6 Å². The first-order valence-electron chi connectivity index (χ1n) is 13.0. The number of hydrogen-bond acceptors (Lipinski definition) is 6. The first kappa shape index (κ1) is 30.8. The number of nitrogens with zero attached hydrogens (tertiary/aromatic N) is 1. The van der Waals surface area contributed by atoms with E-state index in [0.29, 0.717) is 17.5 Å². The van der Waals surface area contributed by atoms with Crippen LogP contribution in [0.5, 0.6) is 0 Å². The molecule has 214 valence electrons. The average molecular weight is 570 g/mol. The molecule has 3 aromatic rings. The fraction of sp³-hybridized carbons (Fsp3) is 0.333. The number of ether oxygens (including phenoxy) is 1. The van der Waals surface area contributed by atoms with Gasteiger partial charge in [-0.05, 0) is 67.3 Å². The van der Waals surface area contributed by atoms with Crippen LogP contribution in [0, 0.1) is 5.82 Å². The van der Waals surface area contributed by atoms with Gasteiger partial charge in [-0.25, -0.2) is 12.8 Å². The third-order valence-corrected chi connectivity index (χ3v) is 7.52. The molecule has 0 aliphatic heterocycles.